The first-order valence-corrected chi connectivity index (χ1v) is 9.22. The van der Waals surface area contributed by atoms with E-state index in [9.17, 15) is 13.6 Å². The first-order chi connectivity index (χ1) is 13.0. The molecule has 1 aromatic carbocycles. The molecule has 0 spiro atoms. The molecule has 142 valence electrons. The van der Waals surface area contributed by atoms with Crippen LogP contribution in [0.25, 0.3) is 22.3 Å². The van der Waals surface area contributed by atoms with Crippen LogP contribution in [-0.2, 0) is 7.05 Å². The van der Waals surface area contributed by atoms with Crippen LogP contribution in [0, 0.1) is 5.82 Å². The summed E-state index contributed by atoms with van der Waals surface area (Å²) >= 11 is 0. The van der Waals surface area contributed by atoms with Crippen molar-refractivity contribution in [2.75, 3.05) is 19.6 Å². The van der Waals surface area contributed by atoms with Gasteiger partial charge in [0.15, 0.2) is 5.78 Å². The molecule has 5 nitrogen and oxygen atoms in total. The highest BCUT2D eigenvalue weighted by Gasteiger charge is 2.21. The number of halogens is 2. The Morgan fingerprint density at radius 3 is 2.96 bits per heavy atom. The number of alkyl halides is 1. The molecule has 1 N–H and O–H groups in total. The zero-order chi connectivity index (χ0) is 19.0. The van der Waals surface area contributed by atoms with Gasteiger partial charge in [-0.2, -0.15) is 5.10 Å². The molecule has 2 aromatic heterocycles. The van der Waals surface area contributed by atoms with E-state index in [1.165, 1.54) is 12.1 Å². The number of hydrogen-bond acceptors (Lipinski definition) is 3. The molecule has 0 saturated carbocycles. The topological polar surface area (TPSA) is 53.9 Å². The molecule has 1 aliphatic rings. The van der Waals surface area contributed by atoms with Crippen molar-refractivity contribution in [2.24, 2.45) is 7.05 Å². The number of ketones is 1. The van der Waals surface area contributed by atoms with Gasteiger partial charge in [-0.15, -0.1) is 0 Å². The van der Waals surface area contributed by atoms with Gasteiger partial charge in [-0.25, -0.2) is 8.78 Å². The van der Waals surface area contributed by atoms with E-state index in [1.54, 1.807) is 23.9 Å². The van der Waals surface area contributed by atoms with Crippen molar-refractivity contribution in [3.8, 4) is 11.4 Å². The van der Waals surface area contributed by atoms with E-state index in [-0.39, 0.29) is 11.6 Å². The van der Waals surface area contributed by atoms with Crippen LogP contribution in [0.15, 0.2) is 30.3 Å². The second-order valence-corrected chi connectivity index (χ2v) is 7.17. The Bertz CT molecular complexity index is 978. The standard InChI is InChI=1S/C20H22F2N4O/c1-25-19(17-10-13-9-14(21)4-5-16(13)23-17)11-18(24-25)20(27)3-2-7-26-8-6-15(22)12-26/h4-5,9-11,15,23H,2-3,6-8,12H2,1H3/t15-/m0/s1. The predicted octanol–water partition coefficient (Wildman–Crippen LogP) is 3.71. The maximum absolute atomic E-state index is 13.4. The molecule has 3 heterocycles. The first kappa shape index (κ1) is 17.9. The van der Waals surface area contributed by atoms with Crippen molar-refractivity contribution in [1.29, 1.82) is 0 Å². The quantitative estimate of drug-likeness (QED) is 0.671. The Morgan fingerprint density at radius 2 is 2.19 bits per heavy atom. The van der Waals surface area contributed by atoms with Crippen molar-refractivity contribution in [3.63, 3.8) is 0 Å². The Balaban J connectivity index is 1.44. The number of carbonyl (C=O) groups excluding carboxylic acids is 1. The molecular formula is C20H22F2N4O. The second kappa shape index (κ2) is 7.23. The average molecular weight is 372 g/mol. The second-order valence-electron chi connectivity index (χ2n) is 7.17. The molecule has 0 radical (unpaired) electrons. The monoisotopic (exact) mass is 372 g/mol. The number of Topliss-reactive ketones (excluding diaryl/α,β-unsaturated/α-hetero) is 1. The van der Waals surface area contributed by atoms with Gasteiger partial charge in [0.1, 0.15) is 17.7 Å². The molecule has 4 rings (SSSR count). The molecule has 1 atom stereocenters. The first-order valence-electron chi connectivity index (χ1n) is 9.22. The number of likely N-dealkylation sites (tertiary alicyclic amines) is 1. The van der Waals surface area contributed by atoms with E-state index in [0.717, 1.165) is 35.4 Å². The van der Waals surface area contributed by atoms with E-state index >= 15 is 0 Å². The third kappa shape index (κ3) is 3.78. The maximum Gasteiger partial charge on any atom is 0.183 e. The van der Waals surface area contributed by atoms with Crippen LogP contribution >= 0.6 is 0 Å². The fourth-order valence-electron chi connectivity index (χ4n) is 3.68. The molecular weight excluding hydrogens is 350 g/mol. The van der Waals surface area contributed by atoms with E-state index in [4.69, 9.17) is 0 Å². The van der Waals surface area contributed by atoms with Crippen molar-refractivity contribution in [2.45, 2.75) is 25.4 Å². The molecule has 7 heteroatoms. The number of H-pyrrole nitrogens is 1. The minimum absolute atomic E-state index is 0.0185. The van der Waals surface area contributed by atoms with Crippen LogP contribution in [0.5, 0.6) is 0 Å². The smallest absolute Gasteiger partial charge is 0.183 e. The van der Waals surface area contributed by atoms with Crippen LogP contribution in [-0.4, -0.2) is 51.3 Å². The lowest BCUT2D eigenvalue weighted by Crippen LogP contribution is -2.22. The van der Waals surface area contributed by atoms with Gasteiger partial charge in [0.05, 0.1) is 11.4 Å². The summed E-state index contributed by atoms with van der Waals surface area (Å²) in [4.78, 5) is 17.8. The Kier molecular flexibility index (Phi) is 4.78. The van der Waals surface area contributed by atoms with Crippen molar-refractivity contribution in [1.82, 2.24) is 19.7 Å². The molecule has 0 amide bonds. The predicted molar refractivity (Wildman–Crippen MR) is 100.0 cm³/mol. The number of carbonyl (C=O) groups is 1. The van der Waals surface area contributed by atoms with Crippen LogP contribution in [0.1, 0.15) is 29.8 Å². The minimum atomic E-state index is -0.733. The summed E-state index contributed by atoms with van der Waals surface area (Å²) in [5.74, 6) is -0.305. The van der Waals surface area contributed by atoms with Gasteiger partial charge in [-0.1, -0.05) is 0 Å². The molecule has 1 saturated heterocycles. The maximum atomic E-state index is 13.4. The normalized spacial score (nSPS) is 17.8. The largest absolute Gasteiger partial charge is 0.353 e. The number of aromatic amines is 1. The lowest BCUT2D eigenvalue weighted by atomic mass is 10.1. The molecule has 27 heavy (non-hydrogen) atoms. The highest BCUT2D eigenvalue weighted by atomic mass is 19.1. The highest BCUT2D eigenvalue weighted by molar-refractivity contribution is 5.95. The Morgan fingerprint density at radius 1 is 1.33 bits per heavy atom. The lowest BCUT2D eigenvalue weighted by molar-refractivity contribution is 0.0970. The summed E-state index contributed by atoms with van der Waals surface area (Å²) in [6.45, 7) is 1.98. The average Bonchev–Trinajstić information content (AvgIpc) is 3.32. The number of nitrogens with one attached hydrogen (secondary N) is 1. The fraction of sp³-hybridized carbons (Fsp3) is 0.400. The van der Waals surface area contributed by atoms with E-state index < -0.39 is 6.17 Å². The van der Waals surface area contributed by atoms with E-state index in [1.807, 2.05) is 6.07 Å². The van der Waals surface area contributed by atoms with Gasteiger partial charge in [0.25, 0.3) is 0 Å². The van der Waals surface area contributed by atoms with E-state index in [2.05, 4.69) is 15.0 Å². The number of aromatic nitrogens is 3. The number of benzene rings is 1. The van der Waals surface area contributed by atoms with Gasteiger partial charge in [0, 0.05) is 37.5 Å². The third-order valence-corrected chi connectivity index (χ3v) is 5.12. The lowest BCUT2D eigenvalue weighted by Gasteiger charge is -2.13. The number of aryl methyl sites for hydroxylation is 1. The summed E-state index contributed by atoms with van der Waals surface area (Å²) < 4.78 is 28.2. The van der Waals surface area contributed by atoms with Crippen LogP contribution in [0.4, 0.5) is 8.78 Å². The molecule has 1 aliphatic heterocycles. The molecule has 0 unspecified atom stereocenters. The van der Waals surface area contributed by atoms with Crippen molar-refractivity contribution in [3.05, 3.63) is 41.8 Å². The van der Waals surface area contributed by atoms with E-state index in [0.29, 0.717) is 31.5 Å². The summed E-state index contributed by atoms with van der Waals surface area (Å²) in [7, 11) is 1.78. The zero-order valence-electron chi connectivity index (χ0n) is 15.2. The third-order valence-electron chi connectivity index (χ3n) is 5.12. The van der Waals surface area contributed by atoms with Gasteiger partial charge in [-0.3, -0.25) is 9.48 Å². The zero-order valence-corrected chi connectivity index (χ0v) is 15.2. The van der Waals surface area contributed by atoms with Crippen LogP contribution < -0.4 is 0 Å². The summed E-state index contributed by atoms with van der Waals surface area (Å²) in [5, 5.41) is 5.11. The molecule has 0 aliphatic carbocycles. The minimum Gasteiger partial charge on any atom is -0.353 e. The van der Waals surface area contributed by atoms with Gasteiger partial charge >= 0.3 is 0 Å². The Hall–Kier alpha value is -2.54. The fourth-order valence-corrected chi connectivity index (χ4v) is 3.68. The van der Waals surface area contributed by atoms with Gasteiger partial charge in [0.2, 0.25) is 0 Å². The molecule has 0 bridgehead atoms. The number of rotatable bonds is 6. The number of nitrogens with zero attached hydrogens (tertiary/aromatic N) is 3. The van der Waals surface area contributed by atoms with Crippen LogP contribution in [0.2, 0.25) is 0 Å². The highest BCUT2D eigenvalue weighted by Crippen LogP contribution is 2.25. The van der Waals surface area contributed by atoms with Crippen LogP contribution in [0.3, 0.4) is 0 Å². The number of fused-ring (bicyclic) bond motifs is 1. The van der Waals surface area contributed by atoms with Gasteiger partial charge in [-0.05, 0) is 49.7 Å². The summed E-state index contributed by atoms with van der Waals surface area (Å²) in [6, 6.07) is 8.18. The number of hydrogen-bond donors (Lipinski definition) is 1. The summed E-state index contributed by atoms with van der Waals surface area (Å²) in [6.07, 6.45) is 0.945. The molecule has 3 aromatic rings. The van der Waals surface area contributed by atoms with Gasteiger partial charge < -0.3 is 9.88 Å². The summed E-state index contributed by atoms with van der Waals surface area (Å²) in [5.41, 5.74) is 2.81. The molecule has 1 fully saturated rings. The Labute approximate surface area is 156 Å². The SMILES string of the molecule is Cn1nc(C(=O)CCCN2CC[C@H](F)C2)cc1-c1cc2cc(F)ccc2[nH]1. The van der Waals surface area contributed by atoms with Crippen molar-refractivity contribution < 1.29 is 13.6 Å². The van der Waals surface area contributed by atoms with Crippen molar-refractivity contribution >= 4 is 16.7 Å².